The maximum absolute atomic E-state index is 12.1. The minimum absolute atomic E-state index is 0.306. The maximum atomic E-state index is 12.1. The SMILES string of the molecule is COc1ccccc1C(=O)NCC(=O)OCC(=O)NCc1ccc(N(C)C)cc1. The molecule has 2 amide bonds. The standard InChI is InChI=1S/C21H25N3O5/c1-24(2)16-10-8-15(9-11-16)12-22-19(25)14-29-20(26)13-23-21(27)17-6-4-5-7-18(17)28-3/h4-11H,12-14H2,1-3H3,(H,22,25)(H,23,27). The summed E-state index contributed by atoms with van der Waals surface area (Å²) in [4.78, 5) is 37.7. The number of ether oxygens (including phenoxy) is 2. The van der Waals surface area contributed by atoms with Crippen molar-refractivity contribution in [2.24, 2.45) is 0 Å². The van der Waals surface area contributed by atoms with Crippen LogP contribution >= 0.6 is 0 Å². The number of amides is 2. The molecule has 0 bridgehead atoms. The van der Waals surface area contributed by atoms with Crippen LogP contribution in [0.25, 0.3) is 0 Å². The molecule has 0 aliphatic rings. The maximum Gasteiger partial charge on any atom is 0.325 e. The molecule has 0 atom stereocenters. The molecule has 0 aliphatic carbocycles. The van der Waals surface area contributed by atoms with Crippen LogP contribution in [0.5, 0.6) is 5.75 Å². The lowest BCUT2D eigenvalue weighted by atomic mass is 10.2. The zero-order chi connectivity index (χ0) is 21.2. The number of hydrogen-bond donors (Lipinski definition) is 2. The zero-order valence-electron chi connectivity index (χ0n) is 16.7. The average molecular weight is 399 g/mol. The van der Waals surface area contributed by atoms with Crippen LogP contribution in [0.15, 0.2) is 48.5 Å². The Morgan fingerprint density at radius 2 is 1.66 bits per heavy atom. The van der Waals surface area contributed by atoms with E-state index in [0.29, 0.717) is 17.9 Å². The number of carbonyl (C=O) groups is 3. The molecule has 2 aromatic rings. The molecule has 29 heavy (non-hydrogen) atoms. The number of nitrogens with one attached hydrogen (secondary N) is 2. The van der Waals surface area contributed by atoms with E-state index in [1.165, 1.54) is 7.11 Å². The lowest BCUT2D eigenvalue weighted by molar-refractivity contribution is -0.147. The van der Waals surface area contributed by atoms with E-state index >= 15 is 0 Å². The Bertz CT molecular complexity index is 850. The van der Waals surface area contributed by atoms with E-state index in [1.54, 1.807) is 24.3 Å². The molecule has 0 unspecified atom stereocenters. The van der Waals surface area contributed by atoms with Gasteiger partial charge in [0.2, 0.25) is 0 Å². The Hall–Kier alpha value is -3.55. The van der Waals surface area contributed by atoms with Crippen LogP contribution in [-0.2, 0) is 20.9 Å². The topological polar surface area (TPSA) is 97.0 Å². The Morgan fingerprint density at radius 3 is 2.31 bits per heavy atom. The molecule has 0 saturated heterocycles. The minimum Gasteiger partial charge on any atom is -0.496 e. The summed E-state index contributed by atoms with van der Waals surface area (Å²) >= 11 is 0. The van der Waals surface area contributed by atoms with Crippen molar-refractivity contribution in [1.82, 2.24) is 10.6 Å². The molecule has 0 radical (unpaired) electrons. The van der Waals surface area contributed by atoms with E-state index in [4.69, 9.17) is 9.47 Å². The van der Waals surface area contributed by atoms with Gasteiger partial charge in [0.1, 0.15) is 12.3 Å². The zero-order valence-corrected chi connectivity index (χ0v) is 16.7. The number of nitrogens with zero attached hydrogens (tertiary/aromatic N) is 1. The van der Waals surface area contributed by atoms with Crippen molar-refractivity contribution >= 4 is 23.5 Å². The van der Waals surface area contributed by atoms with Crippen LogP contribution in [0.2, 0.25) is 0 Å². The number of benzene rings is 2. The fraction of sp³-hybridized carbons (Fsp3) is 0.286. The first-order valence-electron chi connectivity index (χ1n) is 9.00. The molecule has 8 nitrogen and oxygen atoms in total. The summed E-state index contributed by atoms with van der Waals surface area (Å²) in [5.74, 6) is -1.20. The highest BCUT2D eigenvalue weighted by atomic mass is 16.5. The van der Waals surface area contributed by atoms with Crippen molar-refractivity contribution < 1.29 is 23.9 Å². The van der Waals surface area contributed by atoms with Crippen LogP contribution in [0.4, 0.5) is 5.69 Å². The molecule has 0 aliphatic heterocycles. The Morgan fingerprint density at radius 1 is 0.966 bits per heavy atom. The minimum atomic E-state index is -0.710. The van der Waals surface area contributed by atoms with Gasteiger partial charge < -0.3 is 25.0 Å². The molecule has 2 rings (SSSR count). The van der Waals surface area contributed by atoms with Crippen molar-refractivity contribution in [3.8, 4) is 5.75 Å². The fourth-order valence-electron chi connectivity index (χ4n) is 2.44. The molecular weight excluding hydrogens is 374 g/mol. The molecule has 2 aromatic carbocycles. The summed E-state index contributed by atoms with van der Waals surface area (Å²) in [5, 5.41) is 5.12. The molecule has 0 saturated carbocycles. The molecule has 0 fully saturated rings. The molecule has 0 heterocycles. The second kappa shape index (κ2) is 10.7. The summed E-state index contributed by atoms with van der Waals surface area (Å²) in [5.41, 5.74) is 2.30. The highest BCUT2D eigenvalue weighted by Crippen LogP contribution is 2.16. The third-order valence-electron chi connectivity index (χ3n) is 4.05. The summed E-state index contributed by atoms with van der Waals surface area (Å²) in [6.45, 7) is -0.441. The van der Waals surface area contributed by atoms with E-state index in [1.807, 2.05) is 43.3 Å². The first kappa shape index (κ1) is 21.7. The summed E-state index contributed by atoms with van der Waals surface area (Å²) < 4.78 is 9.98. The van der Waals surface area contributed by atoms with E-state index in [9.17, 15) is 14.4 Å². The largest absolute Gasteiger partial charge is 0.496 e. The Kier molecular flexibility index (Phi) is 8.02. The molecule has 8 heteroatoms. The number of rotatable bonds is 9. The van der Waals surface area contributed by atoms with Crippen molar-refractivity contribution in [2.75, 3.05) is 39.3 Å². The van der Waals surface area contributed by atoms with E-state index < -0.39 is 24.4 Å². The molecule has 2 N–H and O–H groups in total. The normalized spacial score (nSPS) is 10.0. The van der Waals surface area contributed by atoms with Gasteiger partial charge in [-0.2, -0.15) is 0 Å². The van der Waals surface area contributed by atoms with Gasteiger partial charge in [-0.3, -0.25) is 14.4 Å². The monoisotopic (exact) mass is 399 g/mol. The fourth-order valence-corrected chi connectivity index (χ4v) is 2.44. The number of carbonyl (C=O) groups excluding carboxylic acids is 3. The van der Waals surface area contributed by atoms with E-state index in [-0.39, 0.29) is 6.54 Å². The highest BCUT2D eigenvalue weighted by Gasteiger charge is 2.14. The van der Waals surface area contributed by atoms with Gasteiger partial charge in [0, 0.05) is 26.3 Å². The van der Waals surface area contributed by atoms with Crippen LogP contribution in [-0.4, -0.2) is 52.1 Å². The third kappa shape index (κ3) is 6.84. The Balaban J connectivity index is 1.70. The first-order chi connectivity index (χ1) is 13.9. The predicted octanol–water partition coefficient (Wildman–Crippen LogP) is 1.35. The van der Waals surface area contributed by atoms with Crippen LogP contribution in [0.1, 0.15) is 15.9 Å². The van der Waals surface area contributed by atoms with Crippen LogP contribution in [0, 0.1) is 0 Å². The lowest BCUT2D eigenvalue weighted by Gasteiger charge is -2.13. The van der Waals surface area contributed by atoms with Crippen LogP contribution < -0.4 is 20.3 Å². The predicted molar refractivity (Wildman–Crippen MR) is 109 cm³/mol. The Labute approximate surface area is 169 Å². The second-order valence-electron chi connectivity index (χ2n) is 6.38. The number of esters is 1. The van der Waals surface area contributed by atoms with Crippen molar-refractivity contribution in [2.45, 2.75) is 6.54 Å². The summed E-state index contributed by atoms with van der Waals surface area (Å²) in [6, 6.07) is 14.4. The van der Waals surface area contributed by atoms with Gasteiger partial charge in [0.25, 0.3) is 11.8 Å². The molecule has 154 valence electrons. The number of hydrogen-bond acceptors (Lipinski definition) is 6. The average Bonchev–Trinajstić information content (AvgIpc) is 2.74. The van der Waals surface area contributed by atoms with Gasteiger partial charge in [-0.1, -0.05) is 24.3 Å². The van der Waals surface area contributed by atoms with Gasteiger partial charge in [0.15, 0.2) is 6.61 Å². The first-order valence-corrected chi connectivity index (χ1v) is 9.00. The molecule has 0 spiro atoms. The number of methoxy groups -OCH3 is 1. The van der Waals surface area contributed by atoms with Crippen LogP contribution in [0.3, 0.4) is 0 Å². The van der Waals surface area contributed by atoms with Gasteiger partial charge in [0.05, 0.1) is 12.7 Å². The van der Waals surface area contributed by atoms with Gasteiger partial charge >= 0.3 is 5.97 Å². The van der Waals surface area contributed by atoms with Gasteiger partial charge in [-0.05, 0) is 29.8 Å². The van der Waals surface area contributed by atoms with Gasteiger partial charge in [-0.15, -0.1) is 0 Å². The summed E-state index contributed by atoms with van der Waals surface area (Å²) in [7, 11) is 5.35. The van der Waals surface area contributed by atoms with Crippen molar-refractivity contribution in [3.63, 3.8) is 0 Å². The molecule has 0 aromatic heterocycles. The highest BCUT2D eigenvalue weighted by molar-refractivity contribution is 5.98. The summed E-state index contributed by atoms with van der Waals surface area (Å²) in [6.07, 6.45) is 0. The number of para-hydroxylation sites is 1. The number of anilines is 1. The third-order valence-corrected chi connectivity index (χ3v) is 4.05. The van der Waals surface area contributed by atoms with E-state index in [2.05, 4.69) is 10.6 Å². The van der Waals surface area contributed by atoms with Crippen molar-refractivity contribution in [3.05, 3.63) is 59.7 Å². The van der Waals surface area contributed by atoms with E-state index in [0.717, 1.165) is 11.3 Å². The lowest BCUT2D eigenvalue weighted by Crippen LogP contribution is -2.33. The smallest absolute Gasteiger partial charge is 0.325 e. The molecular formula is C21H25N3O5. The second-order valence-corrected chi connectivity index (χ2v) is 6.38. The van der Waals surface area contributed by atoms with Gasteiger partial charge in [-0.25, -0.2) is 0 Å². The van der Waals surface area contributed by atoms with Crippen molar-refractivity contribution in [1.29, 1.82) is 0 Å². The quantitative estimate of drug-likeness (QED) is 0.618.